The Hall–Kier alpha value is -1.61. The lowest BCUT2D eigenvalue weighted by Gasteiger charge is -2.42. The largest absolute Gasteiger partial charge is 0.381 e. The number of rotatable bonds is 6. The van der Waals surface area contributed by atoms with Crippen LogP contribution in [0.25, 0.3) is 0 Å². The van der Waals surface area contributed by atoms with E-state index in [1.54, 1.807) is 11.8 Å². The number of carbonyl (C=O) groups is 3. The van der Waals surface area contributed by atoms with Crippen molar-refractivity contribution in [3.05, 3.63) is 0 Å². The molecule has 3 rings (SSSR count). The number of hydrogen-bond acceptors (Lipinski definition) is 6. The maximum absolute atomic E-state index is 13.5. The van der Waals surface area contributed by atoms with E-state index in [4.69, 9.17) is 10.5 Å². The highest BCUT2D eigenvalue weighted by Crippen LogP contribution is 2.47. The fourth-order valence-corrected chi connectivity index (χ4v) is 6.15. The lowest BCUT2D eigenvalue weighted by molar-refractivity contribution is -0.151. The Labute approximate surface area is 182 Å². The van der Waals surface area contributed by atoms with Crippen LogP contribution in [0.4, 0.5) is 0 Å². The van der Waals surface area contributed by atoms with Crippen LogP contribution in [0.15, 0.2) is 5.10 Å². The van der Waals surface area contributed by atoms with Gasteiger partial charge in [-0.05, 0) is 38.5 Å². The standard InChI is InChI=1S/C21H34N4O4S/c1-14-13-30-20(25(14)2)24-23-18(27)17(26)16(15-7-11-29-12-8-15)21(19(22)28)9-5-3-4-6-10-21/h14-16H,3-13H2,1-2H3,(H2,22,28)(H,23,27)/b24-20-/t14-,16-/m1/s1. The van der Waals surface area contributed by atoms with Gasteiger partial charge in [0.1, 0.15) is 0 Å². The van der Waals surface area contributed by atoms with Crippen LogP contribution in [-0.4, -0.2) is 59.7 Å². The summed E-state index contributed by atoms with van der Waals surface area (Å²) in [5.41, 5.74) is 7.43. The second-order valence-electron chi connectivity index (χ2n) is 8.83. The number of primary amides is 1. The Morgan fingerprint density at radius 3 is 2.37 bits per heavy atom. The fraction of sp³-hybridized carbons (Fsp3) is 0.810. The van der Waals surface area contributed by atoms with E-state index >= 15 is 0 Å². The average Bonchev–Trinajstić information content (AvgIpc) is 2.93. The number of ketones is 1. The van der Waals surface area contributed by atoms with Crippen molar-refractivity contribution < 1.29 is 19.1 Å². The van der Waals surface area contributed by atoms with Gasteiger partial charge in [0.05, 0.1) is 5.41 Å². The first-order valence-electron chi connectivity index (χ1n) is 11.0. The molecule has 2 atom stereocenters. The van der Waals surface area contributed by atoms with Crippen molar-refractivity contribution in [2.75, 3.05) is 26.0 Å². The van der Waals surface area contributed by atoms with Gasteiger partial charge in [0.25, 0.3) is 0 Å². The van der Waals surface area contributed by atoms with Gasteiger partial charge in [0, 0.05) is 38.0 Å². The van der Waals surface area contributed by atoms with Crippen molar-refractivity contribution in [1.82, 2.24) is 10.3 Å². The molecule has 0 radical (unpaired) electrons. The zero-order valence-electron chi connectivity index (χ0n) is 18.0. The molecule has 2 aliphatic heterocycles. The van der Waals surface area contributed by atoms with Crippen LogP contribution < -0.4 is 11.2 Å². The SMILES string of the molecule is C[C@@H]1CS/C(=N\NC(=O)C(=O)[C@@H](C2CCOCC2)C2(C(N)=O)CCCCCC2)N1C. The Morgan fingerprint density at radius 2 is 1.83 bits per heavy atom. The molecule has 30 heavy (non-hydrogen) atoms. The van der Waals surface area contributed by atoms with Gasteiger partial charge in [0.15, 0.2) is 5.17 Å². The van der Waals surface area contributed by atoms with Crippen molar-refractivity contribution in [3.8, 4) is 0 Å². The van der Waals surface area contributed by atoms with Gasteiger partial charge in [-0.2, -0.15) is 0 Å². The molecular weight excluding hydrogens is 404 g/mol. The second kappa shape index (κ2) is 10.1. The number of nitrogens with zero attached hydrogens (tertiary/aromatic N) is 2. The van der Waals surface area contributed by atoms with Crippen molar-refractivity contribution in [1.29, 1.82) is 0 Å². The molecule has 8 nitrogen and oxygen atoms in total. The van der Waals surface area contributed by atoms with Crippen LogP contribution in [0.2, 0.25) is 0 Å². The molecule has 0 unspecified atom stereocenters. The number of hydrazone groups is 1. The van der Waals surface area contributed by atoms with Gasteiger partial charge in [-0.1, -0.05) is 37.4 Å². The molecule has 2 saturated heterocycles. The van der Waals surface area contributed by atoms with Crippen LogP contribution in [0, 0.1) is 17.3 Å². The molecule has 3 N–H and O–H groups in total. The minimum Gasteiger partial charge on any atom is -0.381 e. The number of amidine groups is 1. The molecule has 0 bridgehead atoms. The summed E-state index contributed by atoms with van der Waals surface area (Å²) in [6, 6.07) is 0.320. The zero-order chi connectivity index (χ0) is 21.7. The first kappa shape index (κ1) is 23.1. The summed E-state index contributed by atoms with van der Waals surface area (Å²) in [6.07, 6.45) is 6.17. The number of ether oxygens (including phenoxy) is 1. The van der Waals surface area contributed by atoms with E-state index in [1.165, 1.54) is 0 Å². The average molecular weight is 439 g/mol. The molecular formula is C21H34N4O4S. The summed E-state index contributed by atoms with van der Waals surface area (Å²) >= 11 is 1.54. The summed E-state index contributed by atoms with van der Waals surface area (Å²) in [5.74, 6) is -1.69. The predicted octanol–water partition coefficient (Wildman–Crippen LogP) is 1.88. The maximum Gasteiger partial charge on any atom is 0.307 e. The Balaban J connectivity index is 1.85. The third-order valence-corrected chi connectivity index (χ3v) is 8.28. The van der Waals surface area contributed by atoms with E-state index in [0.29, 0.717) is 50.1 Å². The van der Waals surface area contributed by atoms with Crippen molar-refractivity contribution in [2.45, 2.75) is 64.3 Å². The van der Waals surface area contributed by atoms with Crippen LogP contribution in [-0.2, 0) is 19.1 Å². The van der Waals surface area contributed by atoms with E-state index in [1.807, 2.05) is 11.9 Å². The summed E-state index contributed by atoms with van der Waals surface area (Å²) in [5, 5.41) is 4.86. The smallest absolute Gasteiger partial charge is 0.307 e. The topological polar surface area (TPSA) is 114 Å². The third-order valence-electron chi connectivity index (χ3n) is 7.00. The number of thioether (sulfide) groups is 1. The Bertz CT molecular complexity index is 684. The zero-order valence-corrected chi connectivity index (χ0v) is 18.8. The van der Waals surface area contributed by atoms with Crippen LogP contribution >= 0.6 is 11.8 Å². The van der Waals surface area contributed by atoms with Gasteiger partial charge in [-0.25, -0.2) is 5.43 Å². The highest BCUT2D eigenvalue weighted by Gasteiger charge is 2.52. The maximum atomic E-state index is 13.5. The summed E-state index contributed by atoms with van der Waals surface area (Å²) in [7, 11) is 1.91. The number of Topliss-reactive ketones (excluding diaryl/α,β-unsaturated/α-hetero) is 1. The highest BCUT2D eigenvalue weighted by molar-refractivity contribution is 8.14. The van der Waals surface area contributed by atoms with Gasteiger partial charge in [-0.15, -0.1) is 5.10 Å². The number of nitrogens with one attached hydrogen (secondary N) is 1. The van der Waals surface area contributed by atoms with Crippen molar-refractivity contribution in [2.24, 2.45) is 28.1 Å². The summed E-state index contributed by atoms with van der Waals surface area (Å²) in [4.78, 5) is 41.1. The molecule has 9 heteroatoms. The van der Waals surface area contributed by atoms with Crippen LogP contribution in [0.5, 0.6) is 0 Å². The predicted molar refractivity (Wildman–Crippen MR) is 117 cm³/mol. The van der Waals surface area contributed by atoms with E-state index in [-0.39, 0.29) is 5.92 Å². The first-order valence-corrected chi connectivity index (χ1v) is 12.0. The normalized spacial score (nSPS) is 27.5. The third kappa shape index (κ3) is 4.82. The molecule has 0 aromatic heterocycles. The molecule has 0 aromatic rings. The van der Waals surface area contributed by atoms with Gasteiger partial charge < -0.3 is 15.4 Å². The van der Waals surface area contributed by atoms with Crippen LogP contribution in [0.3, 0.4) is 0 Å². The molecule has 168 valence electrons. The van der Waals surface area contributed by atoms with E-state index in [2.05, 4.69) is 17.5 Å². The summed E-state index contributed by atoms with van der Waals surface area (Å²) < 4.78 is 5.47. The number of amides is 2. The second-order valence-corrected chi connectivity index (χ2v) is 9.82. The Morgan fingerprint density at radius 1 is 1.20 bits per heavy atom. The highest BCUT2D eigenvalue weighted by atomic mass is 32.2. The first-order chi connectivity index (χ1) is 14.4. The van der Waals surface area contributed by atoms with Gasteiger partial charge in [-0.3, -0.25) is 14.4 Å². The monoisotopic (exact) mass is 438 g/mol. The van der Waals surface area contributed by atoms with E-state index in [0.717, 1.165) is 31.4 Å². The van der Waals surface area contributed by atoms with Crippen LogP contribution in [0.1, 0.15) is 58.3 Å². The molecule has 0 aromatic carbocycles. The molecule has 1 aliphatic carbocycles. The minimum absolute atomic E-state index is 0.0844. The lowest BCUT2D eigenvalue weighted by Crippen LogP contribution is -2.53. The van der Waals surface area contributed by atoms with Crippen molar-refractivity contribution >= 4 is 34.5 Å². The number of nitrogens with two attached hydrogens (primary N) is 1. The minimum atomic E-state index is -0.965. The number of hydrogen-bond donors (Lipinski definition) is 2. The molecule has 3 fully saturated rings. The fourth-order valence-electron chi connectivity index (χ4n) is 5.04. The van der Waals surface area contributed by atoms with Gasteiger partial charge >= 0.3 is 5.91 Å². The summed E-state index contributed by atoms with van der Waals surface area (Å²) in [6.45, 7) is 3.14. The molecule has 3 aliphatic rings. The van der Waals surface area contributed by atoms with E-state index < -0.39 is 28.9 Å². The molecule has 2 amide bonds. The molecule has 1 saturated carbocycles. The Kier molecular flexibility index (Phi) is 7.79. The van der Waals surface area contributed by atoms with Gasteiger partial charge in [0.2, 0.25) is 11.7 Å². The molecule has 0 spiro atoms. The number of carbonyl (C=O) groups excluding carboxylic acids is 3. The molecule has 2 heterocycles. The van der Waals surface area contributed by atoms with Crippen molar-refractivity contribution in [3.63, 3.8) is 0 Å². The lowest BCUT2D eigenvalue weighted by atomic mass is 9.61. The quantitative estimate of drug-likeness (QED) is 0.372. The van der Waals surface area contributed by atoms with E-state index in [9.17, 15) is 14.4 Å².